The first kappa shape index (κ1) is 15.3. The average Bonchev–Trinajstić information content (AvgIpc) is 2.45. The SMILES string of the molecule is CCCCC1(O)CCCC(Cc2cccc(OC)c2)O1. The lowest BCUT2D eigenvalue weighted by molar-refractivity contribution is -0.256. The van der Waals surface area contributed by atoms with Crippen molar-refractivity contribution in [3.63, 3.8) is 0 Å². The zero-order chi connectivity index (χ0) is 14.4. The van der Waals surface area contributed by atoms with Gasteiger partial charge in [0.05, 0.1) is 13.2 Å². The largest absolute Gasteiger partial charge is 0.497 e. The second kappa shape index (κ2) is 7.09. The van der Waals surface area contributed by atoms with Crippen LogP contribution in [0, 0.1) is 0 Å². The number of ether oxygens (including phenoxy) is 2. The molecule has 1 N–H and O–H groups in total. The smallest absolute Gasteiger partial charge is 0.165 e. The Hall–Kier alpha value is -1.06. The molecule has 1 fully saturated rings. The second-order valence-electron chi connectivity index (χ2n) is 5.74. The van der Waals surface area contributed by atoms with Crippen molar-refractivity contribution >= 4 is 0 Å². The summed E-state index contributed by atoms with van der Waals surface area (Å²) < 4.78 is 11.2. The molecule has 1 heterocycles. The molecule has 2 atom stereocenters. The number of aliphatic hydroxyl groups is 1. The number of unbranched alkanes of at least 4 members (excludes halogenated alkanes) is 1. The third-order valence-corrected chi connectivity index (χ3v) is 4.00. The first-order valence-electron chi connectivity index (χ1n) is 7.68. The van der Waals surface area contributed by atoms with E-state index in [2.05, 4.69) is 13.0 Å². The fourth-order valence-electron chi connectivity index (χ4n) is 2.88. The zero-order valence-electron chi connectivity index (χ0n) is 12.6. The number of benzene rings is 1. The highest BCUT2D eigenvalue weighted by Gasteiger charge is 2.34. The van der Waals surface area contributed by atoms with Crippen molar-refractivity contribution in [3.8, 4) is 5.75 Å². The maximum atomic E-state index is 10.5. The summed E-state index contributed by atoms with van der Waals surface area (Å²) in [7, 11) is 1.68. The van der Waals surface area contributed by atoms with Crippen molar-refractivity contribution in [3.05, 3.63) is 29.8 Å². The first-order chi connectivity index (χ1) is 9.65. The van der Waals surface area contributed by atoms with E-state index < -0.39 is 5.79 Å². The minimum atomic E-state index is -0.905. The van der Waals surface area contributed by atoms with Gasteiger partial charge in [-0.25, -0.2) is 0 Å². The molecule has 2 rings (SSSR count). The maximum absolute atomic E-state index is 10.5. The molecule has 0 aliphatic carbocycles. The molecule has 1 aliphatic rings. The topological polar surface area (TPSA) is 38.7 Å². The molecule has 1 aromatic carbocycles. The molecule has 0 amide bonds. The molecule has 2 unspecified atom stereocenters. The zero-order valence-corrected chi connectivity index (χ0v) is 12.6. The summed E-state index contributed by atoms with van der Waals surface area (Å²) in [5.74, 6) is -0.0304. The van der Waals surface area contributed by atoms with E-state index in [0.29, 0.717) is 0 Å². The van der Waals surface area contributed by atoms with Gasteiger partial charge in [0.25, 0.3) is 0 Å². The van der Waals surface area contributed by atoms with E-state index in [1.165, 1.54) is 5.56 Å². The van der Waals surface area contributed by atoms with Gasteiger partial charge >= 0.3 is 0 Å². The molecule has 1 aliphatic heterocycles. The molecule has 0 radical (unpaired) electrons. The van der Waals surface area contributed by atoms with Crippen LogP contribution in [0.1, 0.15) is 51.0 Å². The summed E-state index contributed by atoms with van der Waals surface area (Å²) in [6.45, 7) is 2.14. The van der Waals surface area contributed by atoms with Crippen LogP contribution in [0.5, 0.6) is 5.75 Å². The lowest BCUT2D eigenvalue weighted by Gasteiger charge is -2.37. The monoisotopic (exact) mass is 278 g/mol. The van der Waals surface area contributed by atoms with Gasteiger partial charge in [-0.05, 0) is 43.4 Å². The van der Waals surface area contributed by atoms with Gasteiger partial charge in [-0.1, -0.05) is 25.5 Å². The molecule has 20 heavy (non-hydrogen) atoms. The number of methoxy groups -OCH3 is 1. The third-order valence-electron chi connectivity index (χ3n) is 4.00. The number of hydrogen-bond acceptors (Lipinski definition) is 3. The van der Waals surface area contributed by atoms with Crippen LogP contribution in [0.2, 0.25) is 0 Å². The third kappa shape index (κ3) is 4.22. The second-order valence-corrected chi connectivity index (χ2v) is 5.74. The minimum Gasteiger partial charge on any atom is -0.497 e. The van der Waals surface area contributed by atoms with Crippen LogP contribution in [0.15, 0.2) is 24.3 Å². The highest BCUT2D eigenvalue weighted by Crippen LogP contribution is 2.32. The Morgan fingerprint density at radius 1 is 1.45 bits per heavy atom. The van der Waals surface area contributed by atoms with Gasteiger partial charge in [-0.3, -0.25) is 0 Å². The van der Waals surface area contributed by atoms with Crippen LogP contribution in [0.4, 0.5) is 0 Å². The maximum Gasteiger partial charge on any atom is 0.165 e. The van der Waals surface area contributed by atoms with Gasteiger partial charge in [0.15, 0.2) is 5.79 Å². The average molecular weight is 278 g/mol. The minimum absolute atomic E-state index is 0.109. The Labute approximate surface area is 121 Å². The van der Waals surface area contributed by atoms with Crippen molar-refractivity contribution in [2.24, 2.45) is 0 Å². The fourth-order valence-corrected chi connectivity index (χ4v) is 2.88. The lowest BCUT2D eigenvalue weighted by atomic mass is 9.94. The van der Waals surface area contributed by atoms with E-state index in [9.17, 15) is 5.11 Å². The highest BCUT2D eigenvalue weighted by molar-refractivity contribution is 5.28. The fraction of sp³-hybridized carbons (Fsp3) is 0.647. The predicted octanol–water partition coefficient (Wildman–Crippen LogP) is 3.69. The van der Waals surface area contributed by atoms with Crippen LogP contribution in [-0.2, 0) is 11.2 Å². The Bertz CT molecular complexity index is 418. The summed E-state index contributed by atoms with van der Waals surface area (Å²) in [6.07, 6.45) is 6.62. The van der Waals surface area contributed by atoms with Crippen molar-refractivity contribution in [1.29, 1.82) is 0 Å². The standard InChI is InChI=1S/C17H26O3/c1-3-4-10-17(18)11-6-9-16(20-17)13-14-7-5-8-15(12-14)19-2/h5,7-8,12,16,18H,3-4,6,9-11,13H2,1-2H3. The van der Waals surface area contributed by atoms with Gasteiger partial charge < -0.3 is 14.6 Å². The molecule has 0 saturated carbocycles. The summed E-state index contributed by atoms with van der Waals surface area (Å²) in [4.78, 5) is 0. The number of rotatable bonds is 6. The van der Waals surface area contributed by atoms with Gasteiger partial charge in [0, 0.05) is 12.8 Å². The molecular weight excluding hydrogens is 252 g/mol. The molecule has 0 bridgehead atoms. The van der Waals surface area contributed by atoms with E-state index in [0.717, 1.165) is 50.7 Å². The molecular formula is C17H26O3. The van der Waals surface area contributed by atoms with E-state index >= 15 is 0 Å². The van der Waals surface area contributed by atoms with Gasteiger partial charge in [-0.15, -0.1) is 0 Å². The molecule has 1 saturated heterocycles. The van der Waals surface area contributed by atoms with Crippen LogP contribution >= 0.6 is 0 Å². The summed E-state index contributed by atoms with van der Waals surface area (Å²) >= 11 is 0. The van der Waals surface area contributed by atoms with E-state index in [-0.39, 0.29) is 6.10 Å². The summed E-state index contributed by atoms with van der Waals surface area (Å²) in [6, 6.07) is 8.08. The van der Waals surface area contributed by atoms with Crippen LogP contribution < -0.4 is 4.74 Å². The summed E-state index contributed by atoms with van der Waals surface area (Å²) in [5, 5.41) is 10.5. The summed E-state index contributed by atoms with van der Waals surface area (Å²) in [5.41, 5.74) is 1.20. The molecule has 1 aromatic rings. The molecule has 112 valence electrons. The molecule has 0 aromatic heterocycles. The van der Waals surface area contributed by atoms with Gasteiger partial charge in [-0.2, -0.15) is 0 Å². The Balaban J connectivity index is 1.95. The Morgan fingerprint density at radius 2 is 2.30 bits per heavy atom. The lowest BCUT2D eigenvalue weighted by Crippen LogP contribution is -2.41. The predicted molar refractivity (Wildman–Crippen MR) is 79.9 cm³/mol. The van der Waals surface area contributed by atoms with Gasteiger partial charge in [0.1, 0.15) is 5.75 Å². The van der Waals surface area contributed by atoms with Crippen molar-refractivity contribution in [2.75, 3.05) is 7.11 Å². The van der Waals surface area contributed by atoms with E-state index in [1.54, 1.807) is 7.11 Å². The first-order valence-corrected chi connectivity index (χ1v) is 7.68. The number of hydrogen-bond donors (Lipinski definition) is 1. The van der Waals surface area contributed by atoms with Crippen molar-refractivity contribution in [2.45, 2.75) is 63.8 Å². The van der Waals surface area contributed by atoms with Gasteiger partial charge in [0.2, 0.25) is 0 Å². The van der Waals surface area contributed by atoms with Crippen molar-refractivity contribution in [1.82, 2.24) is 0 Å². The van der Waals surface area contributed by atoms with Crippen LogP contribution in [0.25, 0.3) is 0 Å². The van der Waals surface area contributed by atoms with Crippen LogP contribution in [-0.4, -0.2) is 24.1 Å². The van der Waals surface area contributed by atoms with E-state index in [1.807, 2.05) is 18.2 Å². The Kier molecular flexibility index (Phi) is 5.44. The van der Waals surface area contributed by atoms with Crippen molar-refractivity contribution < 1.29 is 14.6 Å². The quantitative estimate of drug-likeness (QED) is 0.862. The Morgan fingerprint density at radius 3 is 3.05 bits per heavy atom. The van der Waals surface area contributed by atoms with E-state index in [4.69, 9.17) is 9.47 Å². The normalized spacial score (nSPS) is 26.4. The highest BCUT2D eigenvalue weighted by atomic mass is 16.6. The molecule has 3 heteroatoms. The van der Waals surface area contributed by atoms with Crippen LogP contribution in [0.3, 0.4) is 0 Å². The molecule has 0 spiro atoms. The molecule has 3 nitrogen and oxygen atoms in total.